The molecule has 4 aromatic rings. The van der Waals surface area contributed by atoms with Crippen LogP contribution in [0.4, 0.5) is 10.1 Å². The van der Waals surface area contributed by atoms with Crippen LogP contribution in [-0.2, 0) is 32.6 Å². The number of anilines is 1. The number of nitrogens with one attached hydrogen (secondary N) is 1. The minimum atomic E-state index is -4.32. The molecule has 0 heterocycles. The summed E-state index contributed by atoms with van der Waals surface area (Å²) in [6.45, 7) is 3.68. The molecular weight excluding hydrogens is 681 g/mol. The van der Waals surface area contributed by atoms with Crippen molar-refractivity contribution < 1.29 is 22.4 Å². The summed E-state index contributed by atoms with van der Waals surface area (Å²) in [6.07, 6.45) is 0.193. The van der Waals surface area contributed by atoms with Crippen LogP contribution in [0.2, 0.25) is 5.02 Å². The van der Waals surface area contributed by atoms with Crippen molar-refractivity contribution in [2.75, 3.05) is 17.4 Å². The number of rotatable bonds is 13. The summed E-state index contributed by atoms with van der Waals surface area (Å²) in [7, 11) is -4.32. The van der Waals surface area contributed by atoms with E-state index in [1.807, 2.05) is 68.4 Å². The van der Waals surface area contributed by atoms with E-state index in [0.29, 0.717) is 6.54 Å². The topological polar surface area (TPSA) is 86.8 Å². The third kappa shape index (κ3) is 9.15. The Labute approximate surface area is 277 Å². The molecule has 7 nitrogen and oxygen atoms in total. The second-order valence-electron chi connectivity index (χ2n) is 10.9. The highest BCUT2D eigenvalue weighted by Crippen LogP contribution is 2.28. The standard InChI is InChI=1S/C34H34BrClFN3O4S/c1-24(2)21-38-34(42)32(19-25-10-5-3-6-11-25)39(22-26-12-9-13-27(35)18-26)33(41)23-40(28-16-17-31(37)30(36)20-28)45(43,44)29-14-7-4-8-15-29/h3-18,20,24,32H,19,21-23H2,1-2H3,(H,38,42). The first kappa shape index (κ1) is 34.1. The Balaban J connectivity index is 1.81. The van der Waals surface area contributed by atoms with E-state index >= 15 is 0 Å². The second-order valence-corrected chi connectivity index (χ2v) is 14.1. The van der Waals surface area contributed by atoms with Gasteiger partial charge in [-0.25, -0.2) is 12.8 Å². The van der Waals surface area contributed by atoms with Crippen LogP contribution in [0.5, 0.6) is 0 Å². The predicted octanol–water partition coefficient (Wildman–Crippen LogP) is 6.85. The molecule has 4 aromatic carbocycles. The zero-order chi connectivity index (χ0) is 32.6. The molecule has 0 bridgehead atoms. The van der Waals surface area contributed by atoms with Crippen molar-refractivity contribution in [1.82, 2.24) is 10.2 Å². The number of sulfonamides is 1. The quantitative estimate of drug-likeness (QED) is 0.164. The fourth-order valence-corrected chi connectivity index (χ4v) is 6.75. The molecule has 2 amide bonds. The Kier molecular flexibility index (Phi) is 11.8. The lowest BCUT2D eigenvalue weighted by Gasteiger charge is -2.34. The van der Waals surface area contributed by atoms with Crippen LogP contribution in [0, 0.1) is 11.7 Å². The van der Waals surface area contributed by atoms with Gasteiger partial charge in [-0.2, -0.15) is 0 Å². The van der Waals surface area contributed by atoms with Gasteiger partial charge >= 0.3 is 0 Å². The molecule has 0 saturated heterocycles. The molecule has 1 unspecified atom stereocenters. The molecule has 0 aliphatic heterocycles. The first-order chi connectivity index (χ1) is 21.5. The third-order valence-electron chi connectivity index (χ3n) is 7.00. The van der Waals surface area contributed by atoms with E-state index in [4.69, 9.17) is 11.6 Å². The Bertz CT molecular complexity index is 1730. The van der Waals surface area contributed by atoms with Crippen LogP contribution < -0.4 is 9.62 Å². The summed E-state index contributed by atoms with van der Waals surface area (Å²) in [4.78, 5) is 29.6. The van der Waals surface area contributed by atoms with E-state index in [1.165, 1.54) is 29.2 Å². The SMILES string of the molecule is CC(C)CNC(=O)C(Cc1ccccc1)N(Cc1cccc(Br)c1)C(=O)CN(c1ccc(F)c(Cl)c1)S(=O)(=O)c1ccccc1. The van der Waals surface area contributed by atoms with Crippen LogP contribution in [0.25, 0.3) is 0 Å². The summed E-state index contributed by atoms with van der Waals surface area (Å²) in [5, 5.41) is 2.66. The van der Waals surface area contributed by atoms with Gasteiger partial charge in [-0.15, -0.1) is 0 Å². The zero-order valence-corrected chi connectivity index (χ0v) is 28.0. The molecule has 0 fully saturated rings. The minimum absolute atomic E-state index is 0.00452. The summed E-state index contributed by atoms with van der Waals surface area (Å²) in [5.41, 5.74) is 1.56. The molecule has 0 saturated carbocycles. The van der Waals surface area contributed by atoms with Crippen LogP contribution in [-0.4, -0.2) is 44.3 Å². The molecule has 1 atom stereocenters. The molecule has 4 rings (SSSR count). The van der Waals surface area contributed by atoms with E-state index < -0.39 is 34.3 Å². The van der Waals surface area contributed by atoms with Crippen molar-refractivity contribution in [3.05, 3.63) is 130 Å². The Morgan fingerprint density at radius 3 is 2.16 bits per heavy atom. The minimum Gasteiger partial charge on any atom is -0.354 e. The van der Waals surface area contributed by atoms with Crippen molar-refractivity contribution >= 4 is 55.1 Å². The number of hydrogen-bond donors (Lipinski definition) is 1. The van der Waals surface area contributed by atoms with Crippen molar-refractivity contribution in [2.45, 2.75) is 37.8 Å². The van der Waals surface area contributed by atoms with Crippen molar-refractivity contribution in [2.24, 2.45) is 5.92 Å². The van der Waals surface area contributed by atoms with Gasteiger partial charge in [0.05, 0.1) is 15.6 Å². The number of benzene rings is 4. The second kappa shape index (κ2) is 15.5. The molecule has 0 aliphatic carbocycles. The van der Waals surface area contributed by atoms with E-state index in [1.54, 1.807) is 18.2 Å². The fourth-order valence-electron chi connectivity index (χ4n) is 4.70. The maximum Gasteiger partial charge on any atom is 0.264 e. The van der Waals surface area contributed by atoms with Gasteiger partial charge in [-0.05, 0) is 59.5 Å². The summed E-state index contributed by atoms with van der Waals surface area (Å²) in [5.74, 6) is -1.56. The summed E-state index contributed by atoms with van der Waals surface area (Å²) >= 11 is 9.54. The molecule has 45 heavy (non-hydrogen) atoms. The molecule has 236 valence electrons. The Hall–Kier alpha value is -3.73. The number of halogens is 3. The largest absolute Gasteiger partial charge is 0.354 e. The van der Waals surface area contributed by atoms with Crippen molar-refractivity contribution in [3.8, 4) is 0 Å². The van der Waals surface area contributed by atoms with Gasteiger partial charge < -0.3 is 10.2 Å². The molecule has 0 aliphatic rings. The first-order valence-corrected chi connectivity index (χ1v) is 16.9. The number of hydrogen-bond acceptors (Lipinski definition) is 4. The molecule has 0 aromatic heterocycles. The van der Waals surface area contributed by atoms with Crippen LogP contribution in [0.15, 0.2) is 112 Å². The lowest BCUT2D eigenvalue weighted by Crippen LogP contribution is -2.53. The highest BCUT2D eigenvalue weighted by molar-refractivity contribution is 9.10. The number of nitrogens with zero attached hydrogens (tertiary/aromatic N) is 2. The fraction of sp³-hybridized carbons (Fsp3) is 0.235. The number of amides is 2. The normalized spacial score (nSPS) is 12.0. The lowest BCUT2D eigenvalue weighted by molar-refractivity contribution is -0.140. The Morgan fingerprint density at radius 2 is 1.53 bits per heavy atom. The monoisotopic (exact) mass is 713 g/mol. The molecular formula is C34H34BrClFN3O4S. The van der Waals surface area contributed by atoms with E-state index in [-0.39, 0.29) is 40.4 Å². The summed E-state index contributed by atoms with van der Waals surface area (Å²) < 4.78 is 43.8. The highest BCUT2D eigenvalue weighted by atomic mass is 79.9. The highest BCUT2D eigenvalue weighted by Gasteiger charge is 2.35. The predicted molar refractivity (Wildman–Crippen MR) is 179 cm³/mol. The van der Waals surface area contributed by atoms with Gasteiger partial charge in [0, 0.05) is 24.0 Å². The van der Waals surface area contributed by atoms with Gasteiger partial charge in [0.1, 0.15) is 18.4 Å². The number of carbonyl (C=O) groups excluding carboxylic acids is 2. The van der Waals surface area contributed by atoms with Gasteiger partial charge in [0.2, 0.25) is 11.8 Å². The van der Waals surface area contributed by atoms with Crippen molar-refractivity contribution in [3.63, 3.8) is 0 Å². The molecule has 0 radical (unpaired) electrons. The Morgan fingerprint density at radius 1 is 0.889 bits per heavy atom. The van der Waals surface area contributed by atoms with E-state index in [0.717, 1.165) is 26.0 Å². The molecule has 0 spiro atoms. The van der Waals surface area contributed by atoms with Gasteiger partial charge in [0.15, 0.2) is 0 Å². The maximum absolute atomic E-state index is 14.4. The van der Waals surface area contributed by atoms with Gasteiger partial charge in [0.25, 0.3) is 10.0 Å². The lowest BCUT2D eigenvalue weighted by atomic mass is 10.0. The zero-order valence-electron chi connectivity index (χ0n) is 24.9. The molecule has 11 heteroatoms. The smallest absolute Gasteiger partial charge is 0.264 e. The van der Waals surface area contributed by atoms with Crippen molar-refractivity contribution in [1.29, 1.82) is 0 Å². The molecule has 1 N–H and O–H groups in total. The number of carbonyl (C=O) groups is 2. The van der Waals surface area contributed by atoms with Crippen LogP contribution >= 0.6 is 27.5 Å². The first-order valence-electron chi connectivity index (χ1n) is 14.3. The van der Waals surface area contributed by atoms with Gasteiger partial charge in [-0.1, -0.05) is 102 Å². The average molecular weight is 715 g/mol. The van der Waals surface area contributed by atoms with Gasteiger partial charge in [-0.3, -0.25) is 13.9 Å². The average Bonchev–Trinajstić information content (AvgIpc) is 3.02. The third-order valence-corrected chi connectivity index (χ3v) is 9.57. The van der Waals surface area contributed by atoms with Crippen LogP contribution in [0.1, 0.15) is 25.0 Å². The van der Waals surface area contributed by atoms with E-state index in [2.05, 4.69) is 21.2 Å². The summed E-state index contributed by atoms with van der Waals surface area (Å²) in [6, 6.07) is 26.8. The van der Waals surface area contributed by atoms with E-state index in [9.17, 15) is 22.4 Å². The van der Waals surface area contributed by atoms with Crippen LogP contribution in [0.3, 0.4) is 0 Å². The maximum atomic E-state index is 14.4.